The molecule has 1 amide bonds. The Kier molecular flexibility index (Phi) is 5.53. The molecule has 1 aliphatic heterocycles. The summed E-state index contributed by atoms with van der Waals surface area (Å²) in [6.07, 6.45) is 6.56. The second-order valence-electron chi connectivity index (χ2n) is 5.69. The van der Waals surface area contributed by atoms with Crippen molar-refractivity contribution in [3.63, 3.8) is 0 Å². The van der Waals surface area contributed by atoms with E-state index in [1.165, 1.54) is 11.3 Å². The summed E-state index contributed by atoms with van der Waals surface area (Å²) < 4.78 is 0. The molecule has 3 heterocycles. The molecule has 2 aromatic heterocycles. The summed E-state index contributed by atoms with van der Waals surface area (Å²) in [6, 6.07) is 3.71. The second-order valence-corrected chi connectivity index (χ2v) is 6.63. The number of hydrogen-bond acceptors (Lipinski definition) is 6. The van der Waals surface area contributed by atoms with Gasteiger partial charge in [0.25, 0.3) is 0 Å². The van der Waals surface area contributed by atoms with Crippen LogP contribution in [0.1, 0.15) is 28.9 Å². The van der Waals surface area contributed by atoms with Gasteiger partial charge in [-0.3, -0.25) is 14.6 Å². The Labute approximate surface area is 145 Å². The Hall–Kier alpha value is -2.28. The largest absolute Gasteiger partial charge is 0.352 e. The van der Waals surface area contributed by atoms with Gasteiger partial charge in [0.1, 0.15) is 5.82 Å². The highest BCUT2D eigenvalue weighted by Crippen LogP contribution is 2.15. The summed E-state index contributed by atoms with van der Waals surface area (Å²) in [5.74, 6) is 1.11. The molecule has 7 heteroatoms. The zero-order valence-corrected chi connectivity index (χ0v) is 14.2. The average Bonchev–Trinajstić information content (AvgIpc) is 3.17. The van der Waals surface area contributed by atoms with E-state index in [4.69, 9.17) is 0 Å². The number of nitrogens with zero attached hydrogens (tertiary/aromatic N) is 4. The predicted octanol–water partition coefficient (Wildman–Crippen LogP) is 2.24. The number of ketones is 1. The highest BCUT2D eigenvalue weighted by atomic mass is 32.1. The van der Waals surface area contributed by atoms with Crippen LogP contribution in [-0.4, -0.2) is 52.7 Å². The summed E-state index contributed by atoms with van der Waals surface area (Å²) in [7, 11) is 0. The van der Waals surface area contributed by atoms with Gasteiger partial charge in [0.05, 0.1) is 11.1 Å². The number of amides is 1. The maximum Gasteiger partial charge on any atom is 0.222 e. The number of thiophene rings is 1. The van der Waals surface area contributed by atoms with Crippen LogP contribution < -0.4 is 4.90 Å². The van der Waals surface area contributed by atoms with Crippen LogP contribution in [0.2, 0.25) is 0 Å². The SMILES string of the molecule is O=C(CCCC(=O)N1CCN(c2cnccn2)CC1)c1cccs1. The molecule has 3 rings (SSSR count). The van der Waals surface area contributed by atoms with Crippen molar-refractivity contribution in [2.24, 2.45) is 0 Å². The van der Waals surface area contributed by atoms with Crippen molar-refractivity contribution in [2.45, 2.75) is 19.3 Å². The number of aromatic nitrogens is 2. The third kappa shape index (κ3) is 4.17. The van der Waals surface area contributed by atoms with Gasteiger partial charge in [-0.2, -0.15) is 0 Å². The molecule has 24 heavy (non-hydrogen) atoms. The van der Waals surface area contributed by atoms with Gasteiger partial charge in [-0.15, -0.1) is 11.3 Å². The lowest BCUT2D eigenvalue weighted by Crippen LogP contribution is -2.49. The van der Waals surface area contributed by atoms with Crippen LogP contribution in [0.5, 0.6) is 0 Å². The van der Waals surface area contributed by atoms with Crippen molar-refractivity contribution in [1.82, 2.24) is 14.9 Å². The minimum absolute atomic E-state index is 0.130. The van der Waals surface area contributed by atoms with Crippen LogP contribution in [0, 0.1) is 0 Å². The smallest absolute Gasteiger partial charge is 0.222 e. The molecule has 6 nitrogen and oxygen atoms in total. The lowest BCUT2D eigenvalue weighted by Gasteiger charge is -2.35. The third-order valence-electron chi connectivity index (χ3n) is 4.10. The summed E-state index contributed by atoms with van der Waals surface area (Å²) in [6.45, 7) is 2.90. The van der Waals surface area contributed by atoms with Crippen molar-refractivity contribution < 1.29 is 9.59 Å². The van der Waals surface area contributed by atoms with E-state index in [1.54, 1.807) is 18.6 Å². The van der Waals surface area contributed by atoms with E-state index >= 15 is 0 Å². The van der Waals surface area contributed by atoms with E-state index in [0.717, 1.165) is 23.8 Å². The van der Waals surface area contributed by atoms with Crippen LogP contribution in [0.25, 0.3) is 0 Å². The van der Waals surface area contributed by atoms with Crippen molar-refractivity contribution in [2.75, 3.05) is 31.1 Å². The zero-order valence-electron chi connectivity index (χ0n) is 13.4. The van der Waals surface area contributed by atoms with Gasteiger partial charge in [0, 0.05) is 51.4 Å². The first-order chi connectivity index (χ1) is 11.7. The molecule has 2 aromatic rings. The summed E-state index contributed by atoms with van der Waals surface area (Å²) in [4.78, 5) is 37.4. The number of carbonyl (C=O) groups is 2. The Bertz CT molecular complexity index is 667. The molecule has 0 radical (unpaired) electrons. The molecular weight excluding hydrogens is 324 g/mol. The van der Waals surface area contributed by atoms with Crippen LogP contribution in [0.4, 0.5) is 5.82 Å². The molecule has 1 saturated heterocycles. The predicted molar refractivity (Wildman–Crippen MR) is 93.3 cm³/mol. The lowest BCUT2D eigenvalue weighted by atomic mass is 10.1. The van der Waals surface area contributed by atoms with Crippen LogP contribution >= 0.6 is 11.3 Å². The first kappa shape index (κ1) is 16.6. The highest BCUT2D eigenvalue weighted by molar-refractivity contribution is 7.12. The molecule has 1 fully saturated rings. The Balaban J connectivity index is 1.40. The maximum absolute atomic E-state index is 12.3. The van der Waals surface area contributed by atoms with Gasteiger partial charge in [-0.1, -0.05) is 6.07 Å². The van der Waals surface area contributed by atoms with Crippen LogP contribution in [0.15, 0.2) is 36.1 Å². The number of rotatable bonds is 6. The molecule has 126 valence electrons. The summed E-state index contributed by atoms with van der Waals surface area (Å²) in [5.41, 5.74) is 0. The average molecular weight is 344 g/mol. The molecule has 0 aliphatic carbocycles. The fourth-order valence-corrected chi connectivity index (χ4v) is 3.45. The monoisotopic (exact) mass is 344 g/mol. The van der Waals surface area contributed by atoms with E-state index in [0.29, 0.717) is 32.4 Å². The highest BCUT2D eigenvalue weighted by Gasteiger charge is 2.21. The van der Waals surface area contributed by atoms with E-state index in [-0.39, 0.29) is 11.7 Å². The minimum atomic E-state index is 0.130. The molecule has 0 aromatic carbocycles. The maximum atomic E-state index is 12.3. The fraction of sp³-hybridized carbons (Fsp3) is 0.412. The van der Waals surface area contributed by atoms with Crippen molar-refractivity contribution in [3.05, 3.63) is 41.0 Å². The normalized spacial score (nSPS) is 14.7. The molecule has 0 saturated carbocycles. The van der Waals surface area contributed by atoms with Gasteiger partial charge in [-0.25, -0.2) is 4.98 Å². The van der Waals surface area contributed by atoms with Gasteiger partial charge < -0.3 is 9.80 Å². The Morgan fingerprint density at radius 1 is 1.12 bits per heavy atom. The van der Waals surface area contributed by atoms with Crippen molar-refractivity contribution in [3.8, 4) is 0 Å². The van der Waals surface area contributed by atoms with Gasteiger partial charge >= 0.3 is 0 Å². The molecule has 0 bridgehead atoms. The Morgan fingerprint density at radius 2 is 1.96 bits per heavy atom. The van der Waals surface area contributed by atoms with Crippen LogP contribution in [0.3, 0.4) is 0 Å². The minimum Gasteiger partial charge on any atom is -0.352 e. The molecule has 0 atom stereocenters. The van der Waals surface area contributed by atoms with Gasteiger partial charge in [0.2, 0.25) is 5.91 Å². The number of piperazine rings is 1. The van der Waals surface area contributed by atoms with Crippen LogP contribution in [-0.2, 0) is 4.79 Å². The lowest BCUT2D eigenvalue weighted by molar-refractivity contribution is -0.131. The number of anilines is 1. The zero-order chi connectivity index (χ0) is 16.8. The molecular formula is C17H20N4O2S. The fourth-order valence-electron chi connectivity index (χ4n) is 2.76. The standard InChI is InChI=1S/C17H20N4O2S/c22-14(15-4-2-12-24-15)3-1-5-17(23)21-10-8-20(9-11-21)16-13-18-6-7-19-16/h2,4,6-7,12-13H,1,3,5,8-11H2. The van der Waals surface area contributed by atoms with E-state index in [2.05, 4.69) is 14.9 Å². The quantitative estimate of drug-likeness (QED) is 0.752. The third-order valence-corrected chi connectivity index (χ3v) is 5.01. The molecule has 0 spiro atoms. The topological polar surface area (TPSA) is 66.4 Å². The van der Waals surface area contributed by atoms with E-state index < -0.39 is 0 Å². The van der Waals surface area contributed by atoms with Gasteiger partial charge in [-0.05, 0) is 17.9 Å². The van der Waals surface area contributed by atoms with Crippen molar-refractivity contribution >= 4 is 28.8 Å². The number of hydrogen-bond donors (Lipinski definition) is 0. The first-order valence-electron chi connectivity index (χ1n) is 8.09. The van der Waals surface area contributed by atoms with E-state index in [9.17, 15) is 9.59 Å². The first-order valence-corrected chi connectivity index (χ1v) is 8.97. The van der Waals surface area contributed by atoms with Crippen molar-refractivity contribution in [1.29, 1.82) is 0 Å². The van der Waals surface area contributed by atoms with E-state index in [1.807, 2.05) is 22.4 Å². The second kappa shape index (κ2) is 8.01. The summed E-state index contributed by atoms with van der Waals surface area (Å²) in [5, 5.41) is 1.90. The number of carbonyl (C=O) groups excluding carboxylic acids is 2. The molecule has 0 N–H and O–H groups in total. The molecule has 0 unspecified atom stereocenters. The van der Waals surface area contributed by atoms with Gasteiger partial charge in [0.15, 0.2) is 5.78 Å². The Morgan fingerprint density at radius 3 is 2.62 bits per heavy atom. The number of Topliss-reactive ketones (excluding diaryl/α,β-unsaturated/α-hetero) is 1. The molecule has 1 aliphatic rings. The summed E-state index contributed by atoms with van der Waals surface area (Å²) >= 11 is 1.45.